The van der Waals surface area contributed by atoms with Crippen molar-refractivity contribution in [3.05, 3.63) is 64.8 Å². The number of carboxylic acid groups (broad SMARTS) is 1. The number of carbonyl (C=O) groups is 1. The molecule has 1 heterocycles. The van der Waals surface area contributed by atoms with Crippen molar-refractivity contribution in [1.29, 1.82) is 0 Å². The number of hydrogen-bond acceptors (Lipinski definition) is 4. The van der Waals surface area contributed by atoms with Gasteiger partial charge in [0, 0.05) is 27.7 Å². The molecule has 0 amide bonds. The third-order valence-electron chi connectivity index (χ3n) is 4.74. The van der Waals surface area contributed by atoms with E-state index in [0.29, 0.717) is 22.9 Å². The second-order valence-electron chi connectivity index (χ2n) is 7.16. The van der Waals surface area contributed by atoms with Crippen molar-refractivity contribution in [2.45, 2.75) is 19.8 Å². The van der Waals surface area contributed by atoms with Crippen molar-refractivity contribution >= 4 is 33.3 Å². The Morgan fingerprint density at radius 1 is 1.16 bits per heavy atom. The summed E-state index contributed by atoms with van der Waals surface area (Å²) in [6.45, 7) is 1.87. The number of hydrogen-bond donors (Lipinski definition) is 2. The molecule has 0 atom stereocenters. The van der Waals surface area contributed by atoms with Crippen LogP contribution in [0.4, 0.5) is 5.69 Å². The molecule has 3 rings (SSSR count). The van der Waals surface area contributed by atoms with E-state index < -0.39 is 16.0 Å². The van der Waals surface area contributed by atoms with E-state index in [0.717, 1.165) is 34.5 Å². The number of aryl methyl sites for hydroxylation is 2. The SMILES string of the molecule is COc1cc(Cl)ccc1-c1ccc(CCC(=O)O)n1-c1ccc(NS(C)(=O)=O)cc1C. The summed E-state index contributed by atoms with van der Waals surface area (Å²) in [4.78, 5) is 11.2. The van der Waals surface area contributed by atoms with Gasteiger partial charge in [-0.15, -0.1) is 0 Å². The average Bonchev–Trinajstić information content (AvgIpc) is 3.08. The molecule has 0 aliphatic carbocycles. The van der Waals surface area contributed by atoms with E-state index in [1.165, 1.54) is 0 Å². The number of halogens is 1. The van der Waals surface area contributed by atoms with E-state index in [-0.39, 0.29) is 6.42 Å². The molecular weight excluding hydrogens is 440 g/mol. The minimum Gasteiger partial charge on any atom is -0.496 e. The molecule has 0 aliphatic heterocycles. The van der Waals surface area contributed by atoms with Gasteiger partial charge in [0.25, 0.3) is 0 Å². The highest BCUT2D eigenvalue weighted by atomic mass is 35.5. The third-order valence-corrected chi connectivity index (χ3v) is 5.58. The minimum absolute atomic E-state index is 0.0199. The van der Waals surface area contributed by atoms with Gasteiger partial charge in [-0.2, -0.15) is 0 Å². The van der Waals surface area contributed by atoms with Crippen LogP contribution in [0.1, 0.15) is 17.7 Å². The maximum absolute atomic E-state index is 11.6. The maximum atomic E-state index is 11.6. The number of carboxylic acids is 1. The fourth-order valence-corrected chi connectivity index (χ4v) is 4.18. The summed E-state index contributed by atoms with van der Waals surface area (Å²) in [6, 6.07) is 14.3. The maximum Gasteiger partial charge on any atom is 0.303 e. The van der Waals surface area contributed by atoms with Crippen molar-refractivity contribution in [3.8, 4) is 22.7 Å². The summed E-state index contributed by atoms with van der Waals surface area (Å²) in [5.74, 6) is -0.299. The summed E-state index contributed by atoms with van der Waals surface area (Å²) in [5.41, 5.74) is 4.48. The molecule has 0 spiro atoms. The first kappa shape index (κ1) is 22.7. The molecule has 0 bridgehead atoms. The summed E-state index contributed by atoms with van der Waals surface area (Å²) in [6.07, 6.45) is 1.40. The van der Waals surface area contributed by atoms with Gasteiger partial charge in [-0.25, -0.2) is 8.42 Å². The molecule has 3 aromatic rings. The zero-order chi connectivity index (χ0) is 22.8. The molecule has 2 N–H and O–H groups in total. The van der Waals surface area contributed by atoms with Crippen LogP contribution < -0.4 is 9.46 Å². The van der Waals surface area contributed by atoms with Crippen molar-refractivity contribution in [2.24, 2.45) is 0 Å². The normalized spacial score (nSPS) is 11.4. The van der Waals surface area contributed by atoms with E-state index in [4.69, 9.17) is 21.4 Å². The first-order chi connectivity index (χ1) is 14.6. The molecule has 0 saturated heterocycles. The van der Waals surface area contributed by atoms with Crippen LogP contribution >= 0.6 is 11.6 Å². The van der Waals surface area contributed by atoms with Gasteiger partial charge in [0.1, 0.15) is 5.75 Å². The lowest BCUT2D eigenvalue weighted by Gasteiger charge is -2.18. The Morgan fingerprint density at radius 3 is 2.52 bits per heavy atom. The van der Waals surface area contributed by atoms with E-state index in [1.807, 2.05) is 29.7 Å². The zero-order valence-corrected chi connectivity index (χ0v) is 18.9. The van der Waals surface area contributed by atoms with Gasteiger partial charge in [-0.3, -0.25) is 9.52 Å². The van der Waals surface area contributed by atoms with Crippen molar-refractivity contribution in [3.63, 3.8) is 0 Å². The smallest absolute Gasteiger partial charge is 0.303 e. The lowest BCUT2D eigenvalue weighted by atomic mass is 10.1. The highest BCUT2D eigenvalue weighted by Crippen LogP contribution is 2.36. The van der Waals surface area contributed by atoms with E-state index >= 15 is 0 Å². The molecule has 31 heavy (non-hydrogen) atoms. The van der Waals surface area contributed by atoms with Crippen LogP contribution in [0.2, 0.25) is 5.02 Å². The Labute approximate surface area is 186 Å². The van der Waals surface area contributed by atoms with Crippen LogP contribution in [-0.4, -0.2) is 37.4 Å². The number of anilines is 1. The van der Waals surface area contributed by atoms with Crippen LogP contribution in [0.3, 0.4) is 0 Å². The molecule has 164 valence electrons. The summed E-state index contributed by atoms with van der Waals surface area (Å²) in [5, 5.41) is 9.70. The van der Waals surface area contributed by atoms with Crippen molar-refractivity contribution in [1.82, 2.24) is 4.57 Å². The summed E-state index contributed by atoms with van der Waals surface area (Å²) >= 11 is 6.12. The zero-order valence-electron chi connectivity index (χ0n) is 17.3. The van der Waals surface area contributed by atoms with E-state index in [9.17, 15) is 13.2 Å². The second kappa shape index (κ2) is 9.03. The Kier molecular flexibility index (Phi) is 6.62. The van der Waals surface area contributed by atoms with Crippen LogP contribution in [-0.2, 0) is 21.2 Å². The monoisotopic (exact) mass is 462 g/mol. The summed E-state index contributed by atoms with van der Waals surface area (Å²) < 4.78 is 33.1. The average molecular weight is 463 g/mol. The predicted molar refractivity (Wildman–Crippen MR) is 122 cm³/mol. The number of benzene rings is 2. The highest BCUT2D eigenvalue weighted by Gasteiger charge is 2.18. The van der Waals surface area contributed by atoms with Crippen molar-refractivity contribution in [2.75, 3.05) is 18.1 Å². The van der Waals surface area contributed by atoms with Gasteiger partial charge in [-0.1, -0.05) is 11.6 Å². The van der Waals surface area contributed by atoms with Crippen LogP contribution in [0.5, 0.6) is 5.75 Å². The van der Waals surface area contributed by atoms with Gasteiger partial charge in [0.05, 0.1) is 25.5 Å². The standard InChI is InChI=1S/C22H23ClN2O5S/c1-14-12-16(24-31(3,28)29)5-9-19(14)25-17(7-11-22(26)27)6-10-20(25)18-8-4-15(23)13-21(18)30-2/h4-6,8-10,12-13,24H,7,11H2,1-3H3,(H,26,27). The molecular formula is C22H23ClN2O5S. The van der Waals surface area contributed by atoms with Crippen LogP contribution in [0, 0.1) is 6.92 Å². The lowest BCUT2D eigenvalue weighted by molar-refractivity contribution is -0.136. The Bertz CT molecular complexity index is 1230. The number of nitrogens with zero attached hydrogens (tertiary/aromatic N) is 1. The quantitative estimate of drug-likeness (QED) is 0.513. The Morgan fingerprint density at radius 2 is 1.90 bits per heavy atom. The van der Waals surface area contributed by atoms with E-state index in [2.05, 4.69) is 4.72 Å². The van der Waals surface area contributed by atoms with Gasteiger partial charge in [0.15, 0.2) is 0 Å². The summed E-state index contributed by atoms with van der Waals surface area (Å²) in [7, 11) is -1.84. The molecule has 0 saturated carbocycles. The van der Waals surface area contributed by atoms with E-state index in [1.54, 1.807) is 37.4 Å². The predicted octanol–water partition coefficient (Wildman–Crippen LogP) is 4.50. The number of ether oxygens (including phenoxy) is 1. The second-order valence-corrected chi connectivity index (χ2v) is 9.34. The van der Waals surface area contributed by atoms with Gasteiger partial charge >= 0.3 is 5.97 Å². The van der Waals surface area contributed by atoms with Crippen LogP contribution in [0.25, 0.3) is 16.9 Å². The highest BCUT2D eigenvalue weighted by molar-refractivity contribution is 7.92. The van der Waals surface area contributed by atoms with Gasteiger partial charge in [-0.05, 0) is 67.4 Å². The van der Waals surface area contributed by atoms with Crippen LogP contribution in [0.15, 0.2) is 48.5 Å². The molecule has 7 nitrogen and oxygen atoms in total. The topological polar surface area (TPSA) is 97.6 Å². The fraction of sp³-hybridized carbons (Fsp3) is 0.227. The lowest BCUT2D eigenvalue weighted by Crippen LogP contribution is -2.11. The Balaban J connectivity index is 2.18. The largest absolute Gasteiger partial charge is 0.496 e. The van der Waals surface area contributed by atoms with Gasteiger partial charge in [0.2, 0.25) is 10.0 Å². The number of nitrogens with one attached hydrogen (secondary N) is 1. The number of sulfonamides is 1. The number of methoxy groups -OCH3 is 1. The fourth-order valence-electron chi connectivity index (χ4n) is 3.46. The first-order valence-electron chi connectivity index (χ1n) is 9.44. The minimum atomic E-state index is -3.40. The number of rotatable bonds is 8. The van der Waals surface area contributed by atoms with Gasteiger partial charge < -0.3 is 14.4 Å². The molecule has 0 unspecified atom stereocenters. The third kappa shape index (κ3) is 5.39. The molecule has 9 heteroatoms. The van der Waals surface area contributed by atoms with Crippen molar-refractivity contribution < 1.29 is 23.1 Å². The molecule has 2 aromatic carbocycles. The molecule has 1 aromatic heterocycles. The molecule has 0 aliphatic rings. The number of aromatic nitrogens is 1. The molecule has 0 fully saturated rings. The first-order valence-corrected chi connectivity index (χ1v) is 11.7. The Hall–Kier alpha value is -2.97. The molecule has 0 radical (unpaired) electrons. The number of aliphatic carboxylic acids is 1.